The predicted octanol–water partition coefficient (Wildman–Crippen LogP) is 6.67. The molecule has 0 amide bonds. The van der Waals surface area contributed by atoms with Crippen LogP contribution in [0.15, 0.2) is 0 Å². The quantitative estimate of drug-likeness (QED) is 0.316. The van der Waals surface area contributed by atoms with Gasteiger partial charge in [0.2, 0.25) is 0 Å². The van der Waals surface area contributed by atoms with Crippen molar-refractivity contribution in [3.8, 4) is 0 Å². The van der Waals surface area contributed by atoms with Crippen molar-refractivity contribution < 1.29 is 24.1 Å². The predicted molar refractivity (Wildman–Crippen MR) is 143 cm³/mol. The first-order valence-electron chi connectivity index (χ1n) is 15.0. The lowest BCUT2D eigenvalue weighted by Gasteiger charge is -2.63. The molecule has 4 aliphatic rings. The number of hydrogen-bond acceptors (Lipinski definition) is 5. The standard InChI is InChI=1S/C31H56O5/c1-20(2)28(32)11-8-21(3)24-9-10-25-23-17-29(36-19-34-7)27-16-22(35-18-33-6)12-14-31(27,5)26(23)13-15-30(24,25)4/h20-29,32H,8-19H2,1-7H3. The van der Waals surface area contributed by atoms with Crippen molar-refractivity contribution in [3.05, 3.63) is 0 Å². The molecular formula is C31H56O5. The van der Waals surface area contributed by atoms with Gasteiger partial charge in [0, 0.05) is 14.2 Å². The third-order valence-electron chi connectivity index (χ3n) is 11.9. The zero-order chi connectivity index (χ0) is 26.1. The summed E-state index contributed by atoms with van der Waals surface area (Å²) in [5, 5.41) is 10.4. The van der Waals surface area contributed by atoms with E-state index in [2.05, 4.69) is 34.6 Å². The SMILES string of the molecule is COCOC1CCC2(C)C(C1)C(OCOC)CC1C3CCC(C(C)CCC(O)C(C)C)C3(C)CCC12. The maximum atomic E-state index is 10.4. The average Bonchev–Trinajstić information content (AvgIpc) is 3.21. The molecule has 0 radical (unpaired) electrons. The lowest BCUT2D eigenvalue weighted by Crippen LogP contribution is -2.59. The van der Waals surface area contributed by atoms with Gasteiger partial charge in [-0.05, 0) is 116 Å². The second kappa shape index (κ2) is 11.9. The molecule has 0 bridgehead atoms. The number of hydrogen-bond donors (Lipinski definition) is 1. The Balaban J connectivity index is 1.51. The average molecular weight is 509 g/mol. The monoisotopic (exact) mass is 508 g/mol. The van der Waals surface area contributed by atoms with Crippen molar-refractivity contribution in [3.63, 3.8) is 0 Å². The van der Waals surface area contributed by atoms with Gasteiger partial charge in [0.05, 0.1) is 18.3 Å². The van der Waals surface area contributed by atoms with E-state index in [1.807, 2.05) is 0 Å². The fourth-order valence-corrected chi connectivity index (χ4v) is 9.83. The fraction of sp³-hybridized carbons (Fsp3) is 1.00. The molecule has 5 nitrogen and oxygen atoms in total. The number of aliphatic hydroxyl groups excluding tert-OH is 1. The van der Waals surface area contributed by atoms with Gasteiger partial charge >= 0.3 is 0 Å². The van der Waals surface area contributed by atoms with Crippen molar-refractivity contribution in [1.82, 2.24) is 0 Å². The highest BCUT2D eigenvalue weighted by Gasteiger charge is 2.62. The largest absolute Gasteiger partial charge is 0.393 e. The van der Waals surface area contributed by atoms with Crippen LogP contribution in [0.5, 0.6) is 0 Å². The Morgan fingerprint density at radius 2 is 1.44 bits per heavy atom. The topological polar surface area (TPSA) is 57.2 Å². The molecule has 11 unspecified atom stereocenters. The van der Waals surface area contributed by atoms with Crippen molar-refractivity contribution >= 4 is 0 Å². The van der Waals surface area contributed by atoms with E-state index in [1.54, 1.807) is 14.2 Å². The van der Waals surface area contributed by atoms with E-state index in [1.165, 1.54) is 38.5 Å². The van der Waals surface area contributed by atoms with E-state index in [9.17, 15) is 5.11 Å². The molecule has 5 heteroatoms. The van der Waals surface area contributed by atoms with Crippen LogP contribution in [0.2, 0.25) is 0 Å². The number of rotatable bonds is 11. The molecule has 0 aromatic heterocycles. The second-order valence-corrected chi connectivity index (χ2v) is 13.9. The van der Waals surface area contributed by atoms with Crippen molar-refractivity contribution in [2.75, 3.05) is 27.8 Å². The Bertz CT molecular complexity index is 698. The van der Waals surface area contributed by atoms with Crippen LogP contribution < -0.4 is 0 Å². The van der Waals surface area contributed by atoms with Gasteiger partial charge in [-0.3, -0.25) is 0 Å². The molecule has 4 aliphatic carbocycles. The van der Waals surface area contributed by atoms with E-state index in [-0.39, 0.29) is 18.3 Å². The summed E-state index contributed by atoms with van der Waals surface area (Å²) in [7, 11) is 3.46. The smallest absolute Gasteiger partial charge is 0.146 e. The summed E-state index contributed by atoms with van der Waals surface area (Å²) in [6.45, 7) is 12.8. The summed E-state index contributed by atoms with van der Waals surface area (Å²) < 4.78 is 23.2. The summed E-state index contributed by atoms with van der Waals surface area (Å²) in [6.07, 6.45) is 12.6. The lowest BCUT2D eigenvalue weighted by atomic mass is 9.43. The highest BCUT2D eigenvalue weighted by Crippen LogP contribution is 2.68. The van der Waals surface area contributed by atoms with Crippen LogP contribution in [0, 0.1) is 52.3 Å². The Morgan fingerprint density at radius 1 is 0.778 bits per heavy atom. The first-order valence-corrected chi connectivity index (χ1v) is 15.0. The molecule has 0 saturated heterocycles. The van der Waals surface area contributed by atoms with Crippen LogP contribution in [-0.2, 0) is 18.9 Å². The summed E-state index contributed by atoms with van der Waals surface area (Å²) in [4.78, 5) is 0. The summed E-state index contributed by atoms with van der Waals surface area (Å²) >= 11 is 0. The molecule has 0 aromatic carbocycles. The lowest BCUT2D eigenvalue weighted by molar-refractivity contribution is -0.214. The molecule has 0 heterocycles. The molecular weight excluding hydrogens is 452 g/mol. The molecule has 0 spiro atoms. The van der Waals surface area contributed by atoms with Crippen molar-refractivity contribution in [2.24, 2.45) is 52.3 Å². The minimum Gasteiger partial charge on any atom is -0.393 e. The van der Waals surface area contributed by atoms with Gasteiger partial charge in [0.15, 0.2) is 0 Å². The third kappa shape index (κ3) is 5.43. The Labute approximate surface area is 221 Å². The molecule has 1 N–H and O–H groups in total. The molecule has 11 atom stereocenters. The van der Waals surface area contributed by atoms with Crippen LogP contribution in [0.4, 0.5) is 0 Å². The zero-order valence-electron chi connectivity index (χ0n) is 24.3. The minimum atomic E-state index is -0.162. The second-order valence-electron chi connectivity index (χ2n) is 13.9. The maximum absolute atomic E-state index is 10.4. The molecule has 4 fully saturated rings. The van der Waals surface area contributed by atoms with Crippen molar-refractivity contribution in [1.29, 1.82) is 0 Å². The van der Waals surface area contributed by atoms with Crippen LogP contribution in [0.1, 0.15) is 98.8 Å². The fourth-order valence-electron chi connectivity index (χ4n) is 9.83. The molecule has 4 rings (SSSR count). The normalized spacial score (nSPS) is 44.1. The van der Waals surface area contributed by atoms with E-state index >= 15 is 0 Å². The van der Waals surface area contributed by atoms with E-state index in [0.29, 0.717) is 42.2 Å². The van der Waals surface area contributed by atoms with Gasteiger partial charge < -0.3 is 24.1 Å². The molecule has 0 aromatic rings. The van der Waals surface area contributed by atoms with E-state index < -0.39 is 0 Å². The maximum Gasteiger partial charge on any atom is 0.146 e. The van der Waals surface area contributed by atoms with Gasteiger partial charge in [-0.15, -0.1) is 0 Å². The number of fused-ring (bicyclic) bond motifs is 5. The number of methoxy groups -OCH3 is 2. The molecule has 36 heavy (non-hydrogen) atoms. The Kier molecular flexibility index (Phi) is 9.52. The van der Waals surface area contributed by atoms with Crippen molar-refractivity contribution in [2.45, 2.75) is 117 Å². The first-order chi connectivity index (χ1) is 17.2. The summed E-state index contributed by atoms with van der Waals surface area (Å²) in [6, 6.07) is 0. The van der Waals surface area contributed by atoms with Crippen LogP contribution in [0.3, 0.4) is 0 Å². The van der Waals surface area contributed by atoms with E-state index in [0.717, 1.165) is 49.4 Å². The third-order valence-corrected chi connectivity index (χ3v) is 11.9. The minimum absolute atomic E-state index is 0.162. The number of ether oxygens (including phenoxy) is 4. The Morgan fingerprint density at radius 3 is 2.14 bits per heavy atom. The summed E-state index contributed by atoms with van der Waals surface area (Å²) in [5.74, 6) is 4.70. The number of aliphatic hydroxyl groups is 1. The van der Waals surface area contributed by atoms with Gasteiger partial charge in [-0.2, -0.15) is 0 Å². The van der Waals surface area contributed by atoms with Gasteiger partial charge in [-0.25, -0.2) is 0 Å². The van der Waals surface area contributed by atoms with Crippen LogP contribution in [-0.4, -0.2) is 51.2 Å². The molecule has 0 aliphatic heterocycles. The molecule has 210 valence electrons. The van der Waals surface area contributed by atoms with Crippen LogP contribution >= 0.6 is 0 Å². The van der Waals surface area contributed by atoms with Crippen LogP contribution in [0.25, 0.3) is 0 Å². The van der Waals surface area contributed by atoms with Gasteiger partial charge in [-0.1, -0.05) is 34.6 Å². The van der Waals surface area contributed by atoms with Gasteiger partial charge in [0.1, 0.15) is 13.6 Å². The highest BCUT2D eigenvalue weighted by atomic mass is 16.7. The van der Waals surface area contributed by atoms with E-state index in [4.69, 9.17) is 18.9 Å². The first kappa shape index (κ1) is 28.8. The molecule has 4 saturated carbocycles. The summed E-state index contributed by atoms with van der Waals surface area (Å²) in [5.41, 5.74) is 0.748. The Hall–Kier alpha value is -0.200. The zero-order valence-corrected chi connectivity index (χ0v) is 24.3. The highest BCUT2D eigenvalue weighted by molar-refractivity contribution is 5.11. The van der Waals surface area contributed by atoms with Gasteiger partial charge in [0.25, 0.3) is 0 Å².